The number of hydrogen-bond donors (Lipinski definition) is 2. The van der Waals surface area contributed by atoms with E-state index in [9.17, 15) is 9.59 Å². The summed E-state index contributed by atoms with van der Waals surface area (Å²) in [5.74, 6) is -0.823. The second kappa shape index (κ2) is 7.25. The van der Waals surface area contributed by atoms with Crippen molar-refractivity contribution in [3.8, 4) is 0 Å². The quantitative estimate of drug-likeness (QED) is 0.653. The summed E-state index contributed by atoms with van der Waals surface area (Å²) < 4.78 is 4.84. The summed E-state index contributed by atoms with van der Waals surface area (Å²) >= 11 is 5.78. The van der Waals surface area contributed by atoms with Crippen LogP contribution in [0.2, 0.25) is 5.02 Å². The maximum absolute atomic E-state index is 11.8. The van der Waals surface area contributed by atoms with E-state index in [0.29, 0.717) is 10.6 Å². The van der Waals surface area contributed by atoms with Crippen LogP contribution in [0.5, 0.6) is 0 Å². The van der Waals surface area contributed by atoms with Gasteiger partial charge in [0.1, 0.15) is 0 Å². The monoisotopic (exact) mass is 305 g/mol. The van der Waals surface area contributed by atoms with Crippen LogP contribution < -0.4 is 10.7 Å². The van der Waals surface area contributed by atoms with Gasteiger partial charge in [-0.2, -0.15) is 5.10 Å². The Bertz CT molecular complexity index is 653. The molecule has 1 aromatic carbocycles. The van der Waals surface area contributed by atoms with Crippen LogP contribution in [0, 0.1) is 0 Å². The molecule has 0 spiro atoms. The molecule has 0 fully saturated rings. The number of nitrogens with one attached hydrogen (secondary N) is 2. The van der Waals surface area contributed by atoms with Crippen molar-refractivity contribution < 1.29 is 14.0 Å². The number of hydrazone groups is 1. The number of carbonyl (C=O) groups is 2. The van der Waals surface area contributed by atoms with Gasteiger partial charge in [-0.05, 0) is 24.3 Å². The van der Waals surface area contributed by atoms with Crippen molar-refractivity contribution in [2.45, 2.75) is 0 Å². The first-order chi connectivity index (χ1) is 10.1. The Morgan fingerprint density at radius 1 is 1.33 bits per heavy atom. The van der Waals surface area contributed by atoms with Crippen LogP contribution in [0.4, 0.5) is 0 Å². The van der Waals surface area contributed by atoms with Gasteiger partial charge in [-0.1, -0.05) is 17.7 Å². The van der Waals surface area contributed by atoms with Gasteiger partial charge in [0.25, 0.3) is 11.8 Å². The van der Waals surface area contributed by atoms with Crippen molar-refractivity contribution in [3.63, 3.8) is 0 Å². The third-order valence-corrected chi connectivity index (χ3v) is 2.68. The normalized spacial score (nSPS) is 10.5. The molecule has 21 heavy (non-hydrogen) atoms. The molecule has 0 aliphatic carbocycles. The number of rotatable bonds is 5. The lowest BCUT2D eigenvalue weighted by Gasteiger charge is -2.04. The molecule has 2 amide bonds. The molecule has 1 aromatic heterocycles. The highest BCUT2D eigenvalue weighted by atomic mass is 35.5. The van der Waals surface area contributed by atoms with Gasteiger partial charge in [-0.15, -0.1) is 0 Å². The van der Waals surface area contributed by atoms with Crippen LogP contribution in [0.1, 0.15) is 15.9 Å². The molecule has 6 nitrogen and oxygen atoms in total. The average Bonchev–Trinajstić information content (AvgIpc) is 2.98. The molecule has 2 N–H and O–H groups in total. The minimum absolute atomic E-state index is 0.186. The van der Waals surface area contributed by atoms with Crippen LogP contribution >= 0.6 is 11.6 Å². The summed E-state index contributed by atoms with van der Waals surface area (Å²) in [6.45, 7) is -0.186. The topological polar surface area (TPSA) is 83.7 Å². The molecule has 0 bridgehead atoms. The third kappa shape index (κ3) is 4.77. The number of benzene rings is 1. The van der Waals surface area contributed by atoms with Crippen LogP contribution in [0.25, 0.3) is 0 Å². The zero-order valence-corrected chi connectivity index (χ0v) is 11.6. The van der Waals surface area contributed by atoms with Crippen molar-refractivity contribution in [2.24, 2.45) is 5.10 Å². The first kappa shape index (κ1) is 14.8. The molecular weight excluding hydrogens is 294 g/mol. The fraction of sp³-hybridized carbons (Fsp3) is 0.0714. The Morgan fingerprint density at radius 2 is 2.19 bits per heavy atom. The summed E-state index contributed by atoms with van der Waals surface area (Å²) in [5.41, 5.74) is 3.39. The largest absolute Gasteiger partial charge is 0.472 e. The SMILES string of the molecule is O=C(CNC(=O)c1cccc(Cl)c1)N/N=C/c1ccoc1. The van der Waals surface area contributed by atoms with Crippen molar-refractivity contribution in [1.82, 2.24) is 10.7 Å². The van der Waals surface area contributed by atoms with Crippen LogP contribution in [0.15, 0.2) is 52.4 Å². The standard InChI is InChI=1S/C14H12ClN3O3/c15-12-3-1-2-11(6-12)14(20)16-8-13(19)18-17-7-10-4-5-21-9-10/h1-7,9H,8H2,(H,16,20)(H,18,19)/b17-7+. The van der Waals surface area contributed by atoms with Gasteiger partial charge in [0, 0.05) is 16.1 Å². The van der Waals surface area contributed by atoms with Gasteiger partial charge in [0.2, 0.25) is 0 Å². The van der Waals surface area contributed by atoms with Crippen molar-refractivity contribution in [3.05, 3.63) is 59.0 Å². The number of furan rings is 1. The number of nitrogens with zero attached hydrogens (tertiary/aromatic N) is 1. The van der Waals surface area contributed by atoms with Gasteiger partial charge >= 0.3 is 0 Å². The Labute approximate surface area is 125 Å². The van der Waals surface area contributed by atoms with Crippen LogP contribution in [-0.2, 0) is 4.79 Å². The lowest BCUT2D eigenvalue weighted by Crippen LogP contribution is -2.34. The van der Waals surface area contributed by atoms with E-state index in [1.54, 1.807) is 24.3 Å². The number of hydrogen-bond acceptors (Lipinski definition) is 4. The number of carbonyl (C=O) groups excluding carboxylic acids is 2. The minimum atomic E-state index is -0.440. The Hall–Kier alpha value is -2.60. The molecule has 0 saturated carbocycles. The second-order valence-electron chi connectivity index (χ2n) is 4.04. The summed E-state index contributed by atoms with van der Waals surface area (Å²) in [5, 5.41) is 6.64. The summed E-state index contributed by atoms with van der Waals surface area (Å²) in [7, 11) is 0. The van der Waals surface area contributed by atoms with Gasteiger partial charge in [0.05, 0.1) is 25.3 Å². The number of halogens is 1. The molecule has 0 aliphatic rings. The van der Waals surface area contributed by atoms with E-state index in [0.717, 1.165) is 5.56 Å². The Balaban J connectivity index is 1.77. The van der Waals surface area contributed by atoms with E-state index in [1.165, 1.54) is 24.8 Å². The van der Waals surface area contributed by atoms with Crippen LogP contribution in [-0.4, -0.2) is 24.6 Å². The molecule has 108 valence electrons. The molecular formula is C14H12ClN3O3. The minimum Gasteiger partial charge on any atom is -0.472 e. The van der Waals surface area contributed by atoms with E-state index in [4.69, 9.17) is 16.0 Å². The molecule has 0 saturated heterocycles. The molecule has 0 aliphatic heterocycles. The predicted molar refractivity (Wildman–Crippen MR) is 78.2 cm³/mol. The first-order valence-electron chi connectivity index (χ1n) is 6.03. The maximum atomic E-state index is 11.8. The highest BCUT2D eigenvalue weighted by Crippen LogP contribution is 2.10. The van der Waals surface area contributed by atoms with E-state index < -0.39 is 5.91 Å². The molecule has 0 unspecified atom stereocenters. The smallest absolute Gasteiger partial charge is 0.259 e. The van der Waals surface area contributed by atoms with E-state index in [2.05, 4.69) is 15.8 Å². The molecule has 2 aromatic rings. The van der Waals surface area contributed by atoms with Gasteiger partial charge in [0.15, 0.2) is 0 Å². The van der Waals surface area contributed by atoms with Crippen molar-refractivity contribution in [2.75, 3.05) is 6.54 Å². The lowest BCUT2D eigenvalue weighted by atomic mass is 10.2. The molecule has 0 atom stereocenters. The number of amides is 2. The molecule has 2 rings (SSSR count). The van der Waals surface area contributed by atoms with E-state index in [1.807, 2.05) is 0 Å². The lowest BCUT2D eigenvalue weighted by molar-refractivity contribution is -0.120. The zero-order chi connectivity index (χ0) is 15.1. The third-order valence-electron chi connectivity index (χ3n) is 2.44. The van der Waals surface area contributed by atoms with Gasteiger partial charge in [-0.3, -0.25) is 9.59 Å². The van der Waals surface area contributed by atoms with Crippen molar-refractivity contribution >= 4 is 29.6 Å². The molecule has 7 heteroatoms. The Morgan fingerprint density at radius 3 is 2.90 bits per heavy atom. The van der Waals surface area contributed by atoms with E-state index >= 15 is 0 Å². The highest BCUT2D eigenvalue weighted by Gasteiger charge is 2.07. The van der Waals surface area contributed by atoms with Gasteiger partial charge in [-0.25, -0.2) is 5.43 Å². The Kier molecular flexibility index (Phi) is 5.11. The fourth-order valence-corrected chi connectivity index (χ4v) is 1.65. The molecule has 0 radical (unpaired) electrons. The first-order valence-corrected chi connectivity index (χ1v) is 6.41. The van der Waals surface area contributed by atoms with Crippen LogP contribution in [0.3, 0.4) is 0 Å². The van der Waals surface area contributed by atoms with E-state index in [-0.39, 0.29) is 12.5 Å². The van der Waals surface area contributed by atoms with Crippen molar-refractivity contribution in [1.29, 1.82) is 0 Å². The maximum Gasteiger partial charge on any atom is 0.259 e. The summed E-state index contributed by atoms with van der Waals surface area (Å²) in [6.07, 6.45) is 4.41. The fourth-order valence-electron chi connectivity index (χ4n) is 1.46. The second-order valence-corrected chi connectivity index (χ2v) is 4.48. The van der Waals surface area contributed by atoms with Gasteiger partial charge < -0.3 is 9.73 Å². The summed E-state index contributed by atoms with van der Waals surface area (Å²) in [6, 6.07) is 8.14. The molecule has 1 heterocycles. The zero-order valence-electron chi connectivity index (χ0n) is 10.9. The predicted octanol–water partition coefficient (Wildman–Crippen LogP) is 1.81. The average molecular weight is 306 g/mol. The summed E-state index contributed by atoms with van der Waals surface area (Å²) in [4.78, 5) is 23.2. The highest BCUT2D eigenvalue weighted by molar-refractivity contribution is 6.30.